The minimum absolute atomic E-state index is 0.230. The van der Waals surface area contributed by atoms with Gasteiger partial charge in [0.15, 0.2) is 0 Å². The first kappa shape index (κ1) is 9.93. The average Bonchev–Trinajstić information content (AvgIpc) is 2.80. The fourth-order valence-corrected chi connectivity index (χ4v) is 1.63. The maximum atomic E-state index is 8.83. The van der Waals surface area contributed by atoms with Crippen LogP contribution in [-0.4, -0.2) is 21.5 Å². The Morgan fingerprint density at radius 2 is 2.07 bits per heavy atom. The molecule has 1 aromatic heterocycles. The Balaban J connectivity index is 2.30. The summed E-state index contributed by atoms with van der Waals surface area (Å²) in [6.07, 6.45) is 5.37. The molecule has 1 heterocycles. The van der Waals surface area contributed by atoms with Crippen molar-refractivity contribution >= 4 is 0 Å². The van der Waals surface area contributed by atoms with E-state index in [1.165, 1.54) is 5.56 Å². The second-order valence-corrected chi connectivity index (χ2v) is 3.41. The fourth-order valence-electron chi connectivity index (χ4n) is 1.63. The second-order valence-electron chi connectivity index (χ2n) is 3.41. The summed E-state index contributed by atoms with van der Waals surface area (Å²) in [6.45, 7) is 0.230. The predicted octanol–water partition coefficient (Wildman–Crippen LogP) is 1.80. The number of rotatable bonds is 4. The number of aryl methyl sites for hydroxylation is 1. The van der Waals surface area contributed by atoms with Gasteiger partial charge in [-0.15, -0.1) is 0 Å². The molecule has 2 rings (SSSR count). The van der Waals surface area contributed by atoms with Gasteiger partial charge in [-0.3, -0.25) is 0 Å². The highest BCUT2D eigenvalue weighted by molar-refractivity contribution is 5.40. The van der Waals surface area contributed by atoms with Crippen LogP contribution in [0.15, 0.2) is 42.7 Å². The monoisotopic (exact) mass is 202 g/mol. The zero-order valence-corrected chi connectivity index (χ0v) is 8.50. The molecule has 0 saturated heterocycles. The molecule has 0 spiro atoms. The van der Waals surface area contributed by atoms with Crippen LogP contribution in [0, 0.1) is 0 Å². The normalized spacial score (nSPS) is 10.5. The van der Waals surface area contributed by atoms with Gasteiger partial charge in [0.05, 0.1) is 5.69 Å². The van der Waals surface area contributed by atoms with Crippen LogP contribution in [0.25, 0.3) is 5.69 Å². The average molecular weight is 202 g/mol. The predicted molar refractivity (Wildman–Crippen MR) is 59.0 cm³/mol. The minimum atomic E-state index is 0.230. The summed E-state index contributed by atoms with van der Waals surface area (Å²) < 4.78 is 1.85. The van der Waals surface area contributed by atoms with Crippen LogP contribution in [0.3, 0.4) is 0 Å². The second kappa shape index (κ2) is 4.75. The molecular weight excluding hydrogens is 188 g/mol. The van der Waals surface area contributed by atoms with Crippen LogP contribution in [-0.2, 0) is 6.42 Å². The number of hydrogen-bond donors (Lipinski definition) is 1. The van der Waals surface area contributed by atoms with E-state index in [1.54, 1.807) is 6.20 Å². The van der Waals surface area contributed by atoms with Crippen molar-refractivity contribution in [3.05, 3.63) is 48.3 Å². The highest BCUT2D eigenvalue weighted by Gasteiger charge is 2.02. The van der Waals surface area contributed by atoms with E-state index in [1.807, 2.05) is 35.1 Å². The summed E-state index contributed by atoms with van der Waals surface area (Å²) >= 11 is 0. The molecule has 0 saturated carbocycles. The topological polar surface area (TPSA) is 38.0 Å². The van der Waals surface area contributed by atoms with E-state index in [2.05, 4.69) is 11.2 Å². The molecule has 0 aliphatic rings. The van der Waals surface area contributed by atoms with E-state index < -0.39 is 0 Å². The highest BCUT2D eigenvalue weighted by Crippen LogP contribution is 2.14. The number of para-hydroxylation sites is 1. The van der Waals surface area contributed by atoms with Crippen molar-refractivity contribution < 1.29 is 5.11 Å². The molecule has 0 unspecified atom stereocenters. The van der Waals surface area contributed by atoms with Gasteiger partial charge < -0.3 is 5.11 Å². The first-order chi connectivity index (χ1) is 7.42. The zero-order chi connectivity index (χ0) is 10.5. The van der Waals surface area contributed by atoms with E-state index in [9.17, 15) is 0 Å². The molecule has 0 aliphatic carbocycles. The SMILES string of the molecule is OCCCc1ccccc1-n1cccn1. The van der Waals surface area contributed by atoms with Crippen LogP contribution >= 0.6 is 0 Å². The van der Waals surface area contributed by atoms with Crippen molar-refractivity contribution in [3.8, 4) is 5.69 Å². The molecular formula is C12H14N2O. The molecule has 3 nitrogen and oxygen atoms in total. The van der Waals surface area contributed by atoms with Crippen LogP contribution < -0.4 is 0 Å². The van der Waals surface area contributed by atoms with E-state index in [-0.39, 0.29) is 6.61 Å². The van der Waals surface area contributed by atoms with Gasteiger partial charge in [0.1, 0.15) is 0 Å². The van der Waals surface area contributed by atoms with Gasteiger partial charge in [0, 0.05) is 19.0 Å². The van der Waals surface area contributed by atoms with Crippen molar-refractivity contribution in [2.45, 2.75) is 12.8 Å². The van der Waals surface area contributed by atoms with Gasteiger partial charge in [-0.1, -0.05) is 18.2 Å². The lowest BCUT2D eigenvalue weighted by atomic mass is 10.1. The number of nitrogens with zero attached hydrogens (tertiary/aromatic N) is 2. The van der Waals surface area contributed by atoms with Crippen molar-refractivity contribution in [1.29, 1.82) is 0 Å². The lowest BCUT2D eigenvalue weighted by Gasteiger charge is -2.08. The number of benzene rings is 1. The summed E-state index contributed by atoms with van der Waals surface area (Å²) in [6, 6.07) is 10.0. The minimum Gasteiger partial charge on any atom is -0.396 e. The third-order valence-electron chi connectivity index (χ3n) is 2.35. The third-order valence-corrected chi connectivity index (χ3v) is 2.35. The molecule has 0 amide bonds. The molecule has 0 atom stereocenters. The smallest absolute Gasteiger partial charge is 0.0677 e. The highest BCUT2D eigenvalue weighted by atomic mass is 16.2. The largest absolute Gasteiger partial charge is 0.396 e. The number of hydrogen-bond acceptors (Lipinski definition) is 2. The van der Waals surface area contributed by atoms with Gasteiger partial charge in [-0.2, -0.15) is 5.10 Å². The van der Waals surface area contributed by atoms with Gasteiger partial charge in [-0.05, 0) is 30.5 Å². The van der Waals surface area contributed by atoms with Crippen molar-refractivity contribution in [1.82, 2.24) is 9.78 Å². The van der Waals surface area contributed by atoms with E-state index >= 15 is 0 Å². The van der Waals surface area contributed by atoms with Gasteiger partial charge in [0.25, 0.3) is 0 Å². The summed E-state index contributed by atoms with van der Waals surface area (Å²) in [5.41, 5.74) is 2.31. The molecule has 2 aromatic rings. The summed E-state index contributed by atoms with van der Waals surface area (Å²) in [7, 11) is 0. The summed E-state index contributed by atoms with van der Waals surface area (Å²) in [5.74, 6) is 0. The first-order valence-electron chi connectivity index (χ1n) is 5.10. The number of aromatic nitrogens is 2. The lowest BCUT2D eigenvalue weighted by molar-refractivity contribution is 0.288. The van der Waals surface area contributed by atoms with Gasteiger partial charge in [0.2, 0.25) is 0 Å². The molecule has 0 aliphatic heterocycles. The van der Waals surface area contributed by atoms with E-state index in [0.29, 0.717) is 0 Å². The van der Waals surface area contributed by atoms with Gasteiger partial charge in [-0.25, -0.2) is 4.68 Å². The summed E-state index contributed by atoms with van der Waals surface area (Å²) in [5, 5.41) is 13.0. The Morgan fingerprint density at radius 1 is 1.20 bits per heavy atom. The van der Waals surface area contributed by atoms with E-state index in [0.717, 1.165) is 18.5 Å². The Morgan fingerprint density at radius 3 is 2.80 bits per heavy atom. The molecule has 0 fully saturated rings. The van der Waals surface area contributed by atoms with Crippen LogP contribution in [0.1, 0.15) is 12.0 Å². The van der Waals surface area contributed by atoms with Crippen LogP contribution in [0.5, 0.6) is 0 Å². The van der Waals surface area contributed by atoms with E-state index in [4.69, 9.17) is 5.11 Å². The Bertz CT molecular complexity index is 409. The molecule has 3 heteroatoms. The Kier molecular flexibility index (Phi) is 3.15. The molecule has 78 valence electrons. The first-order valence-corrected chi connectivity index (χ1v) is 5.10. The molecule has 1 N–H and O–H groups in total. The van der Waals surface area contributed by atoms with Crippen molar-refractivity contribution in [3.63, 3.8) is 0 Å². The number of aliphatic hydroxyl groups excluding tert-OH is 1. The number of aliphatic hydroxyl groups is 1. The lowest BCUT2D eigenvalue weighted by Crippen LogP contribution is -2.00. The maximum absolute atomic E-state index is 8.83. The Labute approximate surface area is 89.0 Å². The maximum Gasteiger partial charge on any atom is 0.0677 e. The molecule has 0 radical (unpaired) electrons. The van der Waals surface area contributed by atoms with Crippen molar-refractivity contribution in [2.24, 2.45) is 0 Å². The van der Waals surface area contributed by atoms with Crippen LogP contribution in [0.2, 0.25) is 0 Å². The van der Waals surface area contributed by atoms with Crippen LogP contribution in [0.4, 0.5) is 0 Å². The molecule has 0 bridgehead atoms. The molecule has 1 aromatic carbocycles. The van der Waals surface area contributed by atoms with Crippen molar-refractivity contribution in [2.75, 3.05) is 6.61 Å². The molecule has 15 heavy (non-hydrogen) atoms. The quantitative estimate of drug-likeness (QED) is 0.821. The summed E-state index contributed by atoms with van der Waals surface area (Å²) in [4.78, 5) is 0. The Hall–Kier alpha value is -1.61. The fraction of sp³-hybridized carbons (Fsp3) is 0.250. The third kappa shape index (κ3) is 2.25. The zero-order valence-electron chi connectivity index (χ0n) is 8.50. The standard InChI is InChI=1S/C12H14N2O/c15-10-3-6-11-5-1-2-7-12(11)14-9-4-8-13-14/h1-2,4-5,7-9,15H,3,6,10H2. The van der Waals surface area contributed by atoms with Gasteiger partial charge >= 0.3 is 0 Å².